The van der Waals surface area contributed by atoms with E-state index in [2.05, 4.69) is 0 Å². The number of piperazine rings is 1. The van der Waals surface area contributed by atoms with E-state index in [0.29, 0.717) is 32.1 Å². The van der Waals surface area contributed by atoms with Gasteiger partial charge >= 0.3 is 0 Å². The minimum absolute atomic E-state index is 0.0854. The van der Waals surface area contributed by atoms with Crippen LogP contribution in [0, 0.1) is 5.92 Å². The minimum Gasteiger partial charge on any atom is -0.339 e. The summed E-state index contributed by atoms with van der Waals surface area (Å²) in [6, 6.07) is 0. The van der Waals surface area contributed by atoms with Crippen LogP contribution in [0.4, 0.5) is 0 Å². The third-order valence-electron chi connectivity index (χ3n) is 5.05. The quantitative estimate of drug-likeness (QED) is 0.810. The van der Waals surface area contributed by atoms with E-state index in [1.807, 2.05) is 9.80 Å². The van der Waals surface area contributed by atoms with Crippen LogP contribution in [-0.2, 0) is 9.59 Å². The SMILES string of the molecule is NC1(C(=O)N2CCN(C(=O)C3CCCCC3)CC2)CC1. The average Bonchev–Trinajstić information content (AvgIpc) is 3.26. The Bertz CT molecular complexity index is 392. The van der Waals surface area contributed by atoms with Gasteiger partial charge in [0.15, 0.2) is 0 Å². The Kier molecular flexibility index (Phi) is 3.71. The van der Waals surface area contributed by atoms with Crippen molar-refractivity contribution in [1.82, 2.24) is 9.80 Å². The molecule has 0 aromatic carbocycles. The molecule has 2 N–H and O–H groups in total. The Morgan fingerprint density at radius 1 is 0.900 bits per heavy atom. The monoisotopic (exact) mass is 279 g/mol. The Balaban J connectivity index is 1.50. The highest BCUT2D eigenvalue weighted by Gasteiger charge is 2.48. The maximum atomic E-state index is 12.4. The topological polar surface area (TPSA) is 66.6 Å². The van der Waals surface area contributed by atoms with Crippen molar-refractivity contribution in [3.05, 3.63) is 0 Å². The molecule has 3 fully saturated rings. The van der Waals surface area contributed by atoms with Crippen LogP contribution in [0.25, 0.3) is 0 Å². The molecule has 5 nitrogen and oxygen atoms in total. The minimum atomic E-state index is -0.574. The molecular formula is C15H25N3O2. The summed E-state index contributed by atoms with van der Waals surface area (Å²) in [6.45, 7) is 2.65. The zero-order valence-corrected chi connectivity index (χ0v) is 12.1. The van der Waals surface area contributed by atoms with Gasteiger partial charge in [-0.3, -0.25) is 9.59 Å². The van der Waals surface area contributed by atoms with Crippen molar-refractivity contribution in [3.63, 3.8) is 0 Å². The smallest absolute Gasteiger partial charge is 0.242 e. The Hall–Kier alpha value is -1.10. The van der Waals surface area contributed by atoms with Crippen LogP contribution in [0.5, 0.6) is 0 Å². The summed E-state index contributed by atoms with van der Waals surface area (Å²) in [7, 11) is 0. The van der Waals surface area contributed by atoms with E-state index in [4.69, 9.17) is 5.73 Å². The van der Waals surface area contributed by atoms with Gasteiger partial charge in [0.2, 0.25) is 11.8 Å². The zero-order valence-electron chi connectivity index (χ0n) is 12.1. The van der Waals surface area contributed by atoms with Crippen molar-refractivity contribution in [2.24, 2.45) is 11.7 Å². The molecule has 1 aliphatic heterocycles. The number of amides is 2. The molecular weight excluding hydrogens is 254 g/mol. The lowest BCUT2D eigenvalue weighted by molar-refractivity contribution is -0.143. The second-order valence-corrected chi connectivity index (χ2v) is 6.61. The fourth-order valence-corrected chi connectivity index (χ4v) is 3.40. The van der Waals surface area contributed by atoms with Gasteiger partial charge in [0, 0.05) is 32.1 Å². The first kappa shape index (κ1) is 13.9. The summed E-state index contributed by atoms with van der Waals surface area (Å²) < 4.78 is 0. The summed E-state index contributed by atoms with van der Waals surface area (Å²) in [5, 5.41) is 0. The predicted molar refractivity (Wildman–Crippen MR) is 75.9 cm³/mol. The summed E-state index contributed by atoms with van der Waals surface area (Å²) in [4.78, 5) is 28.4. The maximum Gasteiger partial charge on any atom is 0.242 e. The molecule has 112 valence electrons. The van der Waals surface area contributed by atoms with E-state index in [1.54, 1.807) is 0 Å². The summed E-state index contributed by atoms with van der Waals surface area (Å²) >= 11 is 0. The standard InChI is InChI=1S/C15H25N3O2/c16-15(6-7-15)14(20)18-10-8-17(9-11-18)13(19)12-4-2-1-3-5-12/h12H,1-11,16H2. The molecule has 1 heterocycles. The van der Waals surface area contributed by atoms with Crippen LogP contribution >= 0.6 is 0 Å². The molecule has 0 atom stereocenters. The summed E-state index contributed by atoms with van der Waals surface area (Å²) in [5.41, 5.74) is 5.39. The van der Waals surface area contributed by atoms with Crippen molar-refractivity contribution < 1.29 is 9.59 Å². The van der Waals surface area contributed by atoms with Gasteiger partial charge in [-0.1, -0.05) is 19.3 Å². The van der Waals surface area contributed by atoms with Crippen LogP contribution in [-0.4, -0.2) is 53.3 Å². The highest BCUT2D eigenvalue weighted by molar-refractivity contribution is 5.89. The molecule has 0 unspecified atom stereocenters. The van der Waals surface area contributed by atoms with E-state index in [9.17, 15) is 9.59 Å². The number of hydrogen-bond donors (Lipinski definition) is 1. The van der Waals surface area contributed by atoms with Crippen molar-refractivity contribution in [2.45, 2.75) is 50.5 Å². The third-order valence-corrected chi connectivity index (χ3v) is 5.05. The molecule has 3 rings (SSSR count). The summed E-state index contributed by atoms with van der Waals surface area (Å²) in [5.74, 6) is 0.628. The van der Waals surface area contributed by atoms with Gasteiger partial charge in [-0.15, -0.1) is 0 Å². The lowest BCUT2D eigenvalue weighted by atomic mass is 9.88. The fourth-order valence-electron chi connectivity index (χ4n) is 3.40. The van der Waals surface area contributed by atoms with Crippen LogP contribution < -0.4 is 5.73 Å². The van der Waals surface area contributed by atoms with E-state index < -0.39 is 5.54 Å². The second kappa shape index (κ2) is 5.35. The fraction of sp³-hybridized carbons (Fsp3) is 0.867. The number of nitrogens with two attached hydrogens (primary N) is 1. The number of carbonyl (C=O) groups is 2. The zero-order chi connectivity index (χ0) is 14.2. The van der Waals surface area contributed by atoms with E-state index in [-0.39, 0.29) is 11.8 Å². The molecule has 3 aliphatic rings. The van der Waals surface area contributed by atoms with Crippen molar-refractivity contribution >= 4 is 11.8 Å². The maximum absolute atomic E-state index is 12.4. The predicted octanol–water partition coefficient (Wildman–Crippen LogP) is 0.729. The molecule has 0 aromatic heterocycles. The van der Waals surface area contributed by atoms with Gasteiger partial charge in [0.1, 0.15) is 0 Å². The van der Waals surface area contributed by atoms with Gasteiger partial charge in [-0.2, -0.15) is 0 Å². The summed E-state index contributed by atoms with van der Waals surface area (Å²) in [6.07, 6.45) is 7.35. The molecule has 2 saturated carbocycles. The molecule has 1 saturated heterocycles. The van der Waals surface area contributed by atoms with Gasteiger partial charge in [0.05, 0.1) is 5.54 Å². The lowest BCUT2D eigenvalue weighted by Crippen LogP contribution is -2.56. The molecule has 0 bridgehead atoms. The van der Waals surface area contributed by atoms with Gasteiger partial charge in [-0.05, 0) is 25.7 Å². The Labute approximate surface area is 120 Å². The van der Waals surface area contributed by atoms with Crippen LogP contribution in [0.1, 0.15) is 44.9 Å². The molecule has 0 radical (unpaired) electrons. The van der Waals surface area contributed by atoms with Crippen LogP contribution in [0.2, 0.25) is 0 Å². The van der Waals surface area contributed by atoms with Gasteiger partial charge in [0.25, 0.3) is 0 Å². The molecule has 2 aliphatic carbocycles. The molecule has 0 aromatic rings. The number of hydrogen-bond acceptors (Lipinski definition) is 3. The normalized spacial score (nSPS) is 26.4. The van der Waals surface area contributed by atoms with Gasteiger partial charge in [-0.25, -0.2) is 0 Å². The van der Waals surface area contributed by atoms with Crippen molar-refractivity contribution in [2.75, 3.05) is 26.2 Å². The highest BCUT2D eigenvalue weighted by Crippen LogP contribution is 2.34. The van der Waals surface area contributed by atoms with E-state index in [1.165, 1.54) is 19.3 Å². The number of nitrogens with zero attached hydrogens (tertiary/aromatic N) is 2. The number of carbonyl (C=O) groups excluding carboxylic acids is 2. The molecule has 2 amide bonds. The van der Waals surface area contributed by atoms with E-state index >= 15 is 0 Å². The average molecular weight is 279 g/mol. The van der Waals surface area contributed by atoms with Gasteiger partial charge < -0.3 is 15.5 Å². The lowest BCUT2D eigenvalue weighted by Gasteiger charge is -2.38. The first-order valence-corrected chi connectivity index (χ1v) is 7.97. The van der Waals surface area contributed by atoms with E-state index in [0.717, 1.165) is 25.7 Å². The highest BCUT2D eigenvalue weighted by atomic mass is 16.2. The van der Waals surface area contributed by atoms with Crippen LogP contribution in [0.3, 0.4) is 0 Å². The Morgan fingerprint density at radius 2 is 1.45 bits per heavy atom. The van der Waals surface area contributed by atoms with Crippen molar-refractivity contribution in [1.29, 1.82) is 0 Å². The molecule has 0 spiro atoms. The van der Waals surface area contributed by atoms with Crippen LogP contribution in [0.15, 0.2) is 0 Å². The first-order chi connectivity index (χ1) is 9.60. The second-order valence-electron chi connectivity index (χ2n) is 6.61. The molecule has 20 heavy (non-hydrogen) atoms. The number of rotatable bonds is 2. The Morgan fingerprint density at radius 3 is 2.00 bits per heavy atom. The van der Waals surface area contributed by atoms with Crippen molar-refractivity contribution in [3.8, 4) is 0 Å². The molecule has 5 heteroatoms. The first-order valence-electron chi connectivity index (χ1n) is 7.97. The largest absolute Gasteiger partial charge is 0.339 e. The third kappa shape index (κ3) is 2.68.